The molecule has 1 aliphatic rings. The largest absolute Gasteiger partial charge is 0.472 e. The number of phosphoric acid groups is 2. The van der Waals surface area contributed by atoms with E-state index in [0.717, 1.165) is 25.7 Å². The fourth-order valence-electron chi connectivity index (χ4n) is 2.44. The van der Waals surface area contributed by atoms with Crippen molar-refractivity contribution in [3.8, 4) is 0 Å². The maximum Gasteiger partial charge on any atom is 0.472 e. The maximum atomic E-state index is 12.0. The van der Waals surface area contributed by atoms with Crippen LogP contribution in [0.2, 0.25) is 0 Å². The first-order valence-electron chi connectivity index (χ1n) is 12.1. The highest BCUT2D eigenvalue weighted by molar-refractivity contribution is 7.47. The SMILES string of the molecule is CC.CC.CC.CC.CCCCCCCOP(=O)(O)OC1CC(C)OC1COP(=O)(O)O. The lowest BCUT2D eigenvalue weighted by Gasteiger charge is -2.21. The fourth-order valence-corrected chi connectivity index (χ4v) is 3.76. The summed E-state index contributed by atoms with van der Waals surface area (Å²) >= 11 is 0. The second-order valence-corrected chi connectivity index (χ2v) is 8.51. The van der Waals surface area contributed by atoms with Gasteiger partial charge in [0.25, 0.3) is 0 Å². The van der Waals surface area contributed by atoms with Crippen LogP contribution in [0.1, 0.15) is 108 Å². The third kappa shape index (κ3) is 24.8. The molecular weight excluding hydrogens is 458 g/mol. The summed E-state index contributed by atoms with van der Waals surface area (Å²) in [5.74, 6) is 0. The summed E-state index contributed by atoms with van der Waals surface area (Å²) in [5.41, 5.74) is 0. The fraction of sp³-hybridized carbons (Fsp3) is 1.00. The molecule has 9 nitrogen and oxygen atoms in total. The van der Waals surface area contributed by atoms with Crippen LogP contribution in [-0.4, -0.2) is 46.2 Å². The number of phosphoric ester groups is 2. The molecule has 0 radical (unpaired) electrons. The van der Waals surface area contributed by atoms with Gasteiger partial charge in [0.1, 0.15) is 12.2 Å². The summed E-state index contributed by atoms with van der Waals surface area (Å²) in [5, 5.41) is 0. The van der Waals surface area contributed by atoms with Crippen molar-refractivity contribution in [1.29, 1.82) is 0 Å². The molecule has 0 amide bonds. The number of ether oxygens (including phenoxy) is 1. The van der Waals surface area contributed by atoms with Crippen molar-refractivity contribution >= 4 is 15.6 Å². The van der Waals surface area contributed by atoms with E-state index in [-0.39, 0.29) is 12.7 Å². The molecule has 3 N–H and O–H groups in total. The van der Waals surface area contributed by atoms with Crippen molar-refractivity contribution < 1.29 is 42.1 Å². The van der Waals surface area contributed by atoms with Crippen LogP contribution in [0.5, 0.6) is 0 Å². The Labute approximate surface area is 197 Å². The quantitative estimate of drug-likeness (QED) is 0.190. The van der Waals surface area contributed by atoms with E-state index in [1.54, 1.807) is 6.92 Å². The molecule has 0 aromatic heterocycles. The van der Waals surface area contributed by atoms with Gasteiger partial charge in [-0.2, -0.15) is 0 Å². The Kier molecular flexibility index (Phi) is 31.8. The minimum absolute atomic E-state index is 0.115. The average Bonchev–Trinajstić information content (AvgIpc) is 3.12. The standard InChI is InChI=1S/C13H28O9P2.4C2H6/c1-3-4-5-6-7-8-19-24(17,18)22-12-9-11(2)21-13(12)10-20-23(14,15)16;4*1-2/h11-13H,3-10H2,1-2H3,(H,17,18)(H2,14,15,16);4*1-2H3. The molecule has 1 aliphatic heterocycles. The number of hydrogen-bond donors (Lipinski definition) is 3. The zero-order valence-corrected chi connectivity index (χ0v) is 23.9. The van der Waals surface area contributed by atoms with Crippen molar-refractivity contribution in [3.63, 3.8) is 0 Å². The van der Waals surface area contributed by atoms with Gasteiger partial charge in [-0.3, -0.25) is 13.6 Å². The van der Waals surface area contributed by atoms with Crippen LogP contribution in [0, 0.1) is 0 Å². The first-order valence-corrected chi connectivity index (χ1v) is 15.2. The van der Waals surface area contributed by atoms with Crippen molar-refractivity contribution in [3.05, 3.63) is 0 Å². The van der Waals surface area contributed by atoms with Gasteiger partial charge < -0.3 is 19.4 Å². The Balaban J connectivity index is -0.000000439. The van der Waals surface area contributed by atoms with E-state index in [9.17, 15) is 14.0 Å². The molecule has 4 atom stereocenters. The Bertz CT molecular complexity index is 459. The van der Waals surface area contributed by atoms with Gasteiger partial charge in [-0.05, 0) is 13.3 Å². The molecule has 4 unspecified atom stereocenters. The second kappa shape index (κ2) is 25.8. The predicted molar refractivity (Wildman–Crippen MR) is 132 cm³/mol. The molecule has 11 heteroatoms. The normalized spacial score (nSPS) is 21.2. The predicted octanol–water partition coefficient (Wildman–Crippen LogP) is 6.85. The number of rotatable bonds is 12. The molecular formula is C21H52O9P2. The molecule has 0 saturated carbocycles. The second-order valence-electron chi connectivity index (χ2n) is 5.87. The zero-order chi connectivity index (χ0) is 26.2. The van der Waals surface area contributed by atoms with E-state index >= 15 is 0 Å². The van der Waals surface area contributed by atoms with E-state index in [1.165, 1.54) is 0 Å². The Morgan fingerprint density at radius 2 is 1.34 bits per heavy atom. The van der Waals surface area contributed by atoms with Crippen LogP contribution in [0.4, 0.5) is 0 Å². The molecule has 1 fully saturated rings. The van der Waals surface area contributed by atoms with Crippen LogP contribution < -0.4 is 0 Å². The highest BCUT2D eigenvalue weighted by Gasteiger charge is 2.40. The van der Waals surface area contributed by atoms with E-state index < -0.39 is 34.5 Å². The van der Waals surface area contributed by atoms with E-state index in [2.05, 4.69) is 11.4 Å². The molecule has 200 valence electrons. The molecule has 0 aromatic carbocycles. The van der Waals surface area contributed by atoms with Crippen molar-refractivity contribution in [1.82, 2.24) is 0 Å². The van der Waals surface area contributed by atoms with Gasteiger partial charge in [0.2, 0.25) is 0 Å². The Hall–Kier alpha value is 0.180. The highest BCUT2D eigenvalue weighted by Crippen LogP contribution is 2.48. The van der Waals surface area contributed by atoms with Crippen molar-refractivity contribution in [2.24, 2.45) is 0 Å². The van der Waals surface area contributed by atoms with E-state index in [1.807, 2.05) is 55.4 Å². The van der Waals surface area contributed by atoms with Gasteiger partial charge in [-0.1, -0.05) is 88.0 Å². The topological polar surface area (TPSA) is 132 Å². The first-order chi connectivity index (χ1) is 15.1. The van der Waals surface area contributed by atoms with E-state index in [0.29, 0.717) is 12.8 Å². The summed E-state index contributed by atoms with van der Waals surface area (Å²) < 4.78 is 42.6. The molecule has 0 spiro atoms. The van der Waals surface area contributed by atoms with Crippen LogP contribution in [0.25, 0.3) is 0 Å². The molecule has 0 aromatic rings. The first kappa shape index (κ1) is 39.4. The molecule has 1 saturated heterocycles. The third-order valence-electron chi connectivity index (χ3n) is 3.56. The number of hydrogen-bond acceptors (Lipinski definition) is 6. The molecule has 0 bridgehead atoms. The summed E-state index contributed by atoms with van der Waals surface area (Å²) in [7, 11) is -8.90. The lowest BCUT2D eigenvalue weighted by atomic mass is 10.1. The van der Waals surface area contributed by atoms with Gasteiger partial charge in [0.15, 0.2) is 0 Å². The van der Waals surface area contributed by atoms with Gasteiger partial charge >= 0.3 is 15.6 Å². The minimum atomic E-state index is -4.65. The summed E-state index contributed by atoms with van der Waals surface area (Å²) in [6.07, 6.45) is 3.20. The molecule has 32 heavy (non-hydrogen) atoms. The van der Waals surface area contributed by atoms with Crippen molar-refractivity contribution in [2.45, 2.75) is 126 Å². The maximum absolute atomic E-state index is 12.0. The van der Waals surface area contributed by atoms with Gasteiger partial charge in [-0.25, -0.2) is 9.13 Å². The van der Waals surface area contributed by atoms with Crippen LogP contribution in [0.15, 0.2) is 0 Å². The van der Waals surface area contributed by atoms with Crippen LogP contribution in [-0.2, 0) is 27.4 Å². The lowest BCUT2D eigenvalue weighted by Crippen LogP contribution is -2.28. The Morgan fingerprint density at radius 3 is 1.81 bits per heavy atom. The summed E-state index contributed by atoms with van der Waals surface area (Å²) in [6, 6.07) is 0. The molecule has 1 heterocycles. The van der Waals surface area contributed by atoms with Gasteiger partial charge in [-0.15, -0.1) is 0 Å². The van der Waals surface area contributed by atoms with Crippen molar-refractivity contribution in [2.75, 3.05) is 13.2 Å². The Morgan fingerprint density at radius 1 is 0.844 bits per heavy atom. The molecule has 0 aliphatic carbocycles. The lowest BCUT2D eigenvalue weighted by molar-refractivity contribution is -0.0188. The number of unbranched alkanes of at least 4 members (excludes halogenated alkanes) is 4. The van der Waals surface area contributed by atoms with Crippen LogP contribution >= 0.6 is 15.6 Å². The van der Waals surface area contributed by atoms with E-state index in [4.69, 9.17) is 23.6 Å². The minimum Gasteiger partial charge on any atom is -0.370 e. The van der Waals surface area contributed by atoms with Gasteiger partial charge in [0, 0.05) is 6.42 Å². The smallest absolute Gasteiger partial charge is 0.370 e. The zero-order valence-electron chi connectivity index (χ0n) is 22.1. The average molecular weight is 511 g/mol. The van der Waals surface area contributed by atoms with Gasteiger partial charge in [0.05, 0.1) is 19.3 Å². The molecule has 1 rings (SSSR count). The van der Waals surface area contributed by atoms with Crippen LogP contribution in [0.3, 0.4) is 0 Å². The summed E-state index contributed by atoms with van der Waals surface area (Å²) in [6.45, 7) is 19.5. The highest BCUT2D eigenvalue weighted by atomic mass is 31.2. The monoisotopic (exact) mass is 510 g/mol. The summed E-state index contributed by atoms with van der Waals surface area (Å²) in [4.78, 5) is 27.2. The third-order valence-corrected chi connectivity index (χ3v) is 5.10.